The molecule has 202 valence electrons. The lowest BCUT2D eigenvalue weighted by Gasteiger charge is -2.31. The average Bonchev–Trinajstić information content (AvgIpc) is 3.38. The standard InChI is InChI=1S/C26H31N5O6S/c32-26(29-37-24-11-5-7-17-35-24)25-23(18-28-31(25)19-20-8-4-6-14-27-20)38(33,34)30-15-12-22(13-16-30)36-21-9-2-1-3-10-21/h1-4,6,8-10,14,18,22,24H,5,7,11-13,15-17,19H2,(H,29,32). The summed E-state index contributed by atoms with van der Waals surface area (Å²) >= 11 is 0. The van der Waals surface area contributed by atoms with Crippen molar-refractivity contribution in [3.8, 4) is 5.75 Å². The van der Waals surface area contributed by atoms with E-state index in [4.69, 9.17) is 14.3 Å². The number of nitrogens with one attached hydrogen (secondary N) is 1. The van der Waals surface area contributed by atoms with Crippen molar-refractivity contribution < 1.29 is 27.5 Å². The molecule has 0 saturated carbocycles. The maximum absolute atomic E-state index is 13.7. The molecule has 12 heteroatoms. The summed E-state index contributed by atoms with van der Waals surface area (Å²) in [5.74, 6) is 0.0407. The Kier molecular flexibility index (Phi) is 8.32. The number of carbonyl (C=O) groups is 1. The molecule has 1 N–H and O–H groups in total. The van der Waals surface area contributed by atoms with Crippen LogP contribution in [-0.2, 0) is 26.1 Å². The van der Waals surface area contributed by atoms with E-state index in [9.17, 15) is 13.2 Å². The first-order valence-corrected chi connectivity index (χ1v) is 14.2. The highest BCUT2D eigenvalue weighted by Gasteiger charge is 2.36. The van der Waals surface area contributed by atoms with E-state index < -0.39 is 22.2 Å². The van der Waals surface area contributed by atoms with Crippen molar-refractivity contribution in [1.82, 2.24) is 24.5 Å². The Labute approximate surface area is 221 Å². The van der Waals surface area contributed by atoms with Crippen LogP contribution < -0.4 is 10.2 Å². The van der Waals surface area contributed by atoms with Crippen molar-refractivity contribution in [3.63, 3.8) is 0 Å². The molecule has 2 saturated heterocycles. The van der Waals surface area contributed by atoms with Crippen LogP contribution in [0.15, 0.2) is 65.8 Å². The van der Waals surface area contributed by atoms with Gasteiger partial charge in [0.15, 0.2) is 6.29 Å². The SMILES string of the molecule is O=C(NOC1CCCCO1)c1c(S(=O)(=O)N2CCC(Oc3ccccc3)CC2)cnn1Cc1ccccn1. The lowest BCUT2D eigenvalue weighted by atomic mass is 10.1. The lowest BCUT2D eigenvalue weighted by Crippen LogP contribution is -2.42. The van der Waals surface area contributed by atoms with Gasteiger partial charge in [-0.05, 0) is 49.9 Å². The fourth-order valence-corrected chi connectivity index (χ4v) is 6.14. The van der Waals surface area contributed by atoms with E-state index in [1.54, 1.807) is 18.3 Å². The molecule has 0 bridgehead atoms. The molecule has 2 aliphatic heterocycles. The zero-order valence-corrected chi connectivity index (χ0v) is 21.8. The Bertz CT molecular complexity index is 1300. The van der Waals surface area contributed by atoms with E-state index in [0.717, 1.165) is 18.6 Å². The molecular weight excluding hydrogens is 510 g/mol. The molecule has 0 aliphatic carbocycles. The third-order valence-corrected chi connectivity index (χ3v) is 8.44. The number of ether oxygens (including phenoxy) is 2. The van der Waals surface area contributed by atoms with Crippen LogP contribution >= 0.6 is 0 Å². The summed E-state index contributed by atoms with van der Waals surface area (Å²) in [7, 11) is -4.02. The topological polar surface area (TPSA) is 125 Å². The minimum Gasteiger partial charge on any atom is -0.490 e. The van der Waals surface area contributed by atoms with Crippen LogP contribution in [0.4, 0.5) is 0 Å². The number of sulfonamides is 1. The van der Waals surface area contributed by atoms with Gasteiger partial charge in [-0.2, -0.15) is 9.40 Å². The second-order valence-corrected chi connectivity index (χ2v) is 11.1. The smallest absolute Gasteiger partial charge is 0.294 e. The molecule has 2 aromatic heterocycles. The number of para-hydroxylation sites is 1. The van der Waals surface area contributed by atoms with Crippen molar-refractivity contribution in [2.24, 2.45) is 0 Å². The summed E-state index contributed by atoms with van der Waals surface area (Å²) in [5.41, 5.74) is 2.89. The van der Waals surface area contributed by atoms with Gasteiger partial charge in [0.05, 0.1) is 18.4 Å². The van der Waals surface area contributed by atoms with Gasteiger partial charge in [0.1, 0.15) is 22.4 Å². The lowest BCUT2D eigenvalue weighted by molar-refractivity contribution is -0.186. The fraction of sp³-hybridized carbons (Fsp3) is 0.423. The van der Waals surface area contributed by atoms with Gasteiger partial charge in [0, 0.05) is 32.3 Å². The zero-order valence-electron chi connectivity index (χ0n) is 20.9. The Morgan fingerprint density at radius 2 is 1.84 bits per heavy atom. The summed E-state index contributed by atoms with van der Waals surface area (Å²) < 4.78 is 41.7. The molecule has 4 heterocycles. The molecule has 5 rings (SSSR count). The third-order valence-electron chi connectivity index (χ3n) is 6.54. The minimum atomic E-state index is -4.02. The summed E-state index contributed by atoms with van der Waals surface area (Å²) in [6.45, 7) is 1.19. The van der Waals surface area contributed by atoms with E-state index in [1.807, 2.05) is 36.4 Å². The number of benzene rings is 1. The van der Waals surface area contributed by atoms with Gasteiger partial charge in [-0.3, -0.25) is 14.5 Å². The van der Waals surface area contributed by atoms with Crippen molar-refractivity contribution in [2.75, 3.05) is 19.7 Å². The highest BCUT2D eigenvalue weighted by atomic mass is 32.2. The molecule has 2 aliphatic rings. The summed E-state index contributed by atoms with van der Waals surface area (Å²) in [5, 5.41) is 4.26. The van der Waals surface area contributed by atoms with Gasteiger partial charge >= 0.3 is 0 Å². The zero-order chi connectivity index (χ0) is 26.4. The Morgan fingerprint density at radius 1 is 1.05 bits per heavy atom. The van der Waals surface area contributed by atoms with Crippen molar-refractivity contribution >= 4 is 15.9 Å². The fourth-order valence-electron chi connectivity index (χ4n) is 4.54. The molecule has 0 spiro atoms. The molecule has 1 atom stereocenters. The second-order valence-electron chi connectivity index (χ2n) is 9.22. The van der Waals surface area contributed by atoms with Gasteiger partial charge in [0.25, 0.3) is 5.91 Å². The van der Waals surface area contributed by atoms with Crippen LogP contribution in [-0.4, -0.2) is 65.5 Å². The first-order valence-electron chi connectivity index (χ1n) is 12.8. The number of hydrogen-bond donors (Lipinski definition) is 1. The van der Waals surface area contributed by atoms with Crippen LogP contribution in [0.3, 0.4) is 0 Å². The molecule has 11 nitrogen and oxygen atoms in total. The van der Waals surface area contributed by atoms with Crippen molar-refractivity contribution in [2.45, 2.75) is 55.9 Å². The molecule has 2 fully saturated rings. The number of nitrogens with zero attached hydrogens (tertiary/aromatic N) is 4. The molecular formula is C26H31N5O6S. The second kappa shape index (κ2) is 12.0. The predicted molar refractivity (Wildman–Crippen MR) is 137 cm³/mol. The maximum Gasteiger partial charge on any atom is 0.294 e. The minimum absolute atomic E-state index is 0.0950. The van der Waals surface area contributed by atoms with E-state index in [2.05, 4.69) is 15.6 Å². The monoisotopic (exact) mass is 541 g/mol. The van der Waals surface area contributed by atoms with Crippen LogP contribution in [0.2, 0.25) is 0 Å². The van der Waals surface area contributed by atoms with Crippen LogP contribution in [0.5, 0.6) is 5.75 Å². The van der Waals surface area contributed by atoms with Gasteiger partial charge < -0.3 is 9.47 Å². The molecule has 0 radical (unpaired) electrons. The maximum atomic E-state index is 13.7. The Hall–Kier alpha value is -3.32. The van der Waals surface area contributed by atoms with Crippen LogP contribution in [0.1, 0.15) is 48.3 Å². The van der Waals surface area contributed by atoms with Gasteiger partial charge in [-0.25, -0.2) is 18.7 Å². The van der Waals surface area contributed by atoms with E-state index in [0.29, 0.717) is 31.6 Å². The van der Waals surface area contributed by atoms with Crippen molar-refractivity contribution in [1.29, 1.82) is 0 Å². The van der Waals surface area contributed by atoms with Gasteiger partial charge in [0.2, 0.25) is 10.0 Å². The number of hydrogen-bond acceptors (Lipinski definition) is 8. The van der Waals surface area contributed by atoms with E-state index >= 15 is 0 Å². The summed E-state index contributed by atoms with van der Waals surface area (Å²) in [4.78, 5) is 22.8. The van der Waals surface area contributed by atoms with Crippen LogP contribution in [0.25, 0.3) is 0 Å². The molecule has 1 unspecified atom stereocenters. The van der Waals surface area contributed by atoms with Crippen molar-refractivity contribution in [3.05, 3.63) is 72.3 Å². The van der Waals surface area contributed by atoms with Gasteiger partial charge in [-0.1, -0.05) is 24.3 Å². The Balaban J connectivity index is 1.33. The number of piperidine rings is 1. The van der Waals surface area contributed by atoms with Gasteiger partial charge in [-0.15, -0.1) is 0 Å². The number of rotatable bonds is 9. The number of amides is 1. The van der Waals surface area contributed by atoms with E-state index in [1.165, 1.54) is 15.2 Å². The van der Waals surface area contributed by atoms with Crippen LogP contribution in [0, 0.1) is 0 Å². The number of aromatic nitrogens is 3. The molecule has 38 heavy (non-hydrogen) atoms. The number of hydroxylamine groups is 1. The molecule has 1 aromatic carbocycles. The highest BCUT2D eigenvalue weighted by Crippen LogP contribution is 2.26. The normalized spacial score (nSPS) is 19.2. The number of pyridine rings is 1. The molecule has 3 aromatic rings. The predicted octanol–water partition coefficient (Wildman–Crippen LogP) is 2.75. The summed E-state index contributed by atoms with van der Waals surface area (Å²) in [6.07, 6.45) is 5.71. The summed E-state index contributed by atoms with van der Waals surface area (Å²) in [6, 6.07) is 14.8. The highest BCUT2D eigenvalue weighted by molar-refractivity contribution is 7.89. The first kappa shape index (κ1) is 26.3. The largest absolute Gasteiger partial charge is 0.490 e. The molecule has 1 amide bonds. The average molecular weight is 542 g/mol. The third kappa shape index (κ3) is 6.21. The van der Waals surface area contributed by atoms with E-state index in [-0.39, 0.29) is 36.3 Å². The first-order chi connectivity index (χ1) is 18.5. The number of carbonyl (C=O) groups excluding carboxylic acids is 1. The Morgan fingerprint density at radius 3 is 2.55 bits per heavy atom. The quantitative estimate of drug-likeness (QED) is 0.410.